The minimum Gasteiger partial charge on any atom is -0.480 e. The summed E-state index contributed by atoms with van der Waals surface area (Å²) in [6.45, 7) is 1.98. The van der Waals surface area contributed by atoms with Gasteiger partial charge in [0.2, 0.25) is 0 Å². The highest BCUT2D eigenvalue weighted by Crippen LogP contribution is 2.44. The van der Waals surface area contributed by atoms with Crippen molar-refractivity contribution in [2.24, 2.45) is 0 Å². The van der Waals surface area contributed by atoms with Gasteiger partial charge < -0.3 is 15.2 Å². The van der Waals surface area contributed by atoms with Crippen LogP contribution >= 0.6 is 11.6 Å². The van der Waals surface area contributed by atoms with Gasteiger partial charge >= 0.3 is 12.1 Å². The molecule has 3 aromatic rings. The first kappa shape index (κ1) is 20.9. The molecule has 3 aromatic carbocycles. The van der Waals surface area contributed by atoms with Crippen LogP contribution in [0, 0.1) is 6.92 Å². The summed E-state index contributed by atoms with van der Waals surface area (Å²) in [6.07, 6.45) is -0.614. The van der Waals surface area contributed by atoms with Gasteiger partial charge in [-0.3, -0.25) is 0 Å². The maximum Gasteiger partial charge on any atom is 0.407 e. The van der Waals surface area contributed by atoms with Gasteiger partial charge in [-0.15, -0.1) is 0 Å². The van der Waals surface area contributed by atoms with Gasteiger partial charge in [0, 0.05) is 17.4 Å². The molecule has 6 heteroatoms. The molecule has 1 aliphatic rings. The molecule has 4 rings (SSSR count). The molecule has 0 bridgehead atoms. The highest BCUT2D eigenvalue weighted by atomic mass is 35.5. The number of ether oxygens (including phenoxy) is 1. The summed E-state index contributed by atoms with van der Waals surface area (Å²) in [7, 11) is 0. The van der Waals surface area contributed by atoms with E-state index in [0.717, 1.165) is 33.4 Å². The van der Waals surface area contributed by atoms with Gasteiger partial charge in [-0.25, -0.2) is 9.59 Å². The standard InChI is InChI=1S/C25H22ClNO4/c1-15-12-16(10-11-22(15)26)13-23(24(28)29)27-25(30)31-14-21-19-8-4-2-6-17(19)18-7-3-5-9-20(18)21/h2-12,21,23H,13-14H2,1H3,(H,27,30)(H,28,29). The number of amides is 1. The summed E-state index contributed by atoms with van der Waals surface area (Å²) in [5, 5.41) is 12.6. The van der Waals surface area contributed by atoms with Crippen molar-refractivity contribution < 1.29 is 19.4 Å². The molecular formula is C25H22ClNO4. The lowest BCUT2D eigenvalue weighted by Gasteiger charge is -2.18. The molecule has 0 aliphatic heterocycles. The summed E-state index contributed by atoms with van der Waals surface area (Å²) in [4.78, 5) is 24.1. The predicted molar refractivity (Wildman–Crippen MR) is 120 cm³/mol. The molecule has 5 nitrogen and oxygen atoms in total. The van der Waals surface area contributed by atoms with Crippen LogP contribution in [-0.4, -0.2) is 29.8 Å². The third kappa shape index (κ3) is 4.42. The fourth-order valence-electron chi connectivity index (χ4n) is 4.05. The molecule has 0 saturated carbocycles. The number of halogens is 1. The molecule has 0 saturated heterocycles. The number of aryl methyl sites for hydroxylation is 1. The Morgan fingerprint density at radius 3 is 2.23 bits per heavy atom. The number of rotatable bonds is 6. The maximum atomic E-state index is 12.4. The number of hydrogen-bond acceptors (Lipinski definition) is 3. The molecule has 0 spiro atoms. The average Bonchev–Trinajstić information content (AvgIpc) is 3.08. The lowest BCUT2D eigenvalue weighted by atomic mass is 9.98. The smallest absolute Gasteiger partial charge is 0.407 e. The van der Waals surface area contributed by atoms with Crippen LogP contribution in [0.4, 0.5) is 4.79 Å². The Labute approximate surface area is 185 Å². The number of fused-ring (bicyclic) bond motifs is 3. The van der Waals surface area contributed by atoms with Gasteiger partial charge in [-0.2, -0.15) is 0 Å². The number of hydrogen-bond donors (Lipinski definition) is 2. The zero-order valence-corrected chi connectivity index (χ0v) is 17.7. The number of nitrogens with one attached hydrogen (secondary N) is 1. The number of carbonyl (C=O) groups excluding carboxylic acids is 1. The molecule has 1 atom stereocenters. The normalized spacial score (nSPS) is 13.2. The summed E-state index contributed by atoms with van der Waals surface area (Å²) in [6, 6.07) is 20.3. The number of aliphatic carboxylic acids is 1. The first-order valence-electron chi connectivity index (χ1n) is 10.0. The number of benzene rings is 3. The van der Waals surface area contributed by atoms with E-state index in [2.05, 4.69) is 17.4 Å². The van der Waals surface area contributed by atoms with Gasteiger partial charge in [-0.05, 0) is 46.4 Å². The molecule has 1 unspecified atom stereocenters. The zero-order chi connectivity index (χ0) is 22.0. The Hall–Kier alpha value is -3.31. The highest BCUT2D eigenvalue weighted by molar-refractivity contribution is 6.31. The van der Waals surface area contributed by atoms with Crippen molar-refractivity contribution in [1.82, 2.24) is 5.32 Å². The molecule has 1 aliphatic carbocycles. The third-order valence-electron chi connectivity index (χ3n) is 5.60. The Balaban J connectivity index is 1.43. The molecule has 0 radical (unpaired) electrons. The summed E-state index contributed by atoms with van der Waals surface area (Å²) in [5.41, 5.74) is 6.09. The van der Waals surface area contributed by atoms with Crippen LogP contribution in [0.5, 0.6) is 0 Å². The van der Waals surface area contributed by atoms with E-state index in [1.54, 1.807) is 12.1 Å². The van der Waals surface area contributed by atoms with Crippen molar-refractivity contribution in [2.75, 3.05) is 6.61 Å². The van der Waals surface area contributed by atoms with E-state index >= 15 is 0 Å². The second-order valence-corrected chi connectivity index (χ2v) is 8.06. The number of carbonyl (C=O) groups is 2. The maximum absolute atomic E-state index is 12.4. The second kappa shape index (κ2) is 8.82. The minimum absolute atomic E-state index is 0.0830. The van der Waals surface area contributed by atoms with E-state index in [1.165, 1.54) is 0 Å². The number of carboxylic acids is 1. The van der Waals surface area contributed by atoms with Crippen molar-refractivity contribution in [2.45, 2.75) is 25.3 Å². The van der Waals surface area contributed by atoms with Crippen molar-refractivity contribution in [3.8, 4) is 11.1 Å². The van der Waals surface area contributed by atoms with E-state index in [1.807, 2.05) is 49.4 Å². The van der Waals surface area contributed by atoms with Crippen LogP contribution in [0.2, 0.25) is 5.02 Å². The van der Waals surface area contributed by atoms with Crippen LogP contribution in [0.1, 0.15) is 28.2 Å². The first-order valence-corrected chi connectivity index (χ1v) is 10.4. The second-order valence-electron chi connectivity index (χ2n) is 7.65. The van der Waals surface area contributed by atoms with Crippen molar-refractivity contribution in [1.29, 1.82) is 0 Å². The molecule has 31 heavy (non-hydrogen) atoms. The van der Waals surface area contributed by atoms with Gasteiger partial charge in [-0.1, -0.05) is 72.3 Å². The SMILES string of the molecule is Cc1cc(CC(NC(=O)OCC2c3ccccc3-c3ccccc32)C(=O)O)ccc1Cl. The molecule has 0 aromatic heterocycles. The third-order valence-corrected chi connectivity index (χ3v) is 6.02. The van der Waals surface area contributed by atoms with Crippen LogP contribution in [0.3, 0.4) is 0 Å². The fraction of sp³-hybridized carbons (Fsp3) is 0.200. The van der Waals surface area contributed by atoms with Crippen LogP contribution in [0.25, 0.3) is 11.1 Å². The van der Waals surface area contributed by atoms with E-state index < -0.39 is 18.1 Å². The number of carboxylic acid groups (broad SMARTS) is 1. The molecule has 1 amide bonds. The predicted octanol–water partition coefficient (Wildman–Crippen LogP) is 5.18. The van der Waals surface area contributed by atoms with Crippen molar-refractivity contribution >= 4 is 23.7 Å². The van der Waals surface area contributed by atoms with Gasteiger partial charge in [0.25, 0.3) is 0 Å². The summed E-state index contributed by atoms with van der Waals surface area (Å²) in [5.74, 6) is -1.21. The monoisotopic (exact) mass is 435 g/mol. The van der Waals surface area contributed by atoms with E-state index in [0.29, 0.717) is 5.02 Å². The Kier molecular flexibility index (Phi) is 5.96. The van der Waals surface area contributed by atoms with Crippen LogP contribution < -0.4 is 5.32 Å². The van der Waals surface area contributed by atoms with Crippen LogP contribution in [-0.2, 0) is 16.0 Å². The molecular weight excluding hydrogens is 414 g/mol. The number of alkyl carbamates (subject to hydrolysis) is 1. The lowest BCUT2D eigenvalue weighted by Crippen LogP contribution is -2.42. The van der Waals surface area contributed by atoms with Gasteiger partial charge in [0.05, 0.1) is 0 Å². The molecule has 158 valence electrons. The minimum atomic E-state index is -1.12. The first-order chi connectivity index (χ1) is 14.9. The Bertz CT molecular complexity index is 1100. The quantitative estimate of drug-likeness (QED) is 0.559. The van der Waals surface area contributed by atoms with Gasteiger partial charge in [0.15, 0.2) is 0 Å². The molecule has 0 fully saturated rings. The zero-order valence-electron chi connectivity index (χ0n) is 17.0. The summed E-state index contributed by atoms with van der Waals surface area (Å²) >= 11 is 6.03. The van der Waals surface area contributed by atoms with E-state index in [-0.39, 0.29) is 18.9 Å². The topological polar surface area (TPSA) is 75.6 Å². The molecule has 2 N–H and O–H groups in total. The largest absolute Gasteiger partial charge is 0.480 e. The van der Waals surface area contributed by atoms with E-state index in [4.69, 9.17) is 16.3 Å². The van der Waals surface area contributed by atoms with Crippen molar-refractivity contribution in [3.05, 3.63) is 94.0 Å². The Morgan fingerprint density at radius 1 is 1.03 bits per heavy atom. The fourth-order valence-corrected chi connectivity index (χ4v) is 4.17. The molecule has 0 heterocycles. The Morgan fingerprint density at radius 2 is 1.65 bits per heavy atom. The van der Waals surface area contributed by atoms with E-state index in [9.17, 15) is 14.7 Å². The van der Waals surface area contributed by atoms with Crippen molar-refractivity contribution in [3.63, 3.8) is 0 Å². The van der Waals surface area contributed by atoms with Gasteiger partial charge in [0.1, 0.15) is 12.6 Å². The van der Waals surface area contributed by atoms with Crippen LogP contribution in [0.15, 0.2) is 66.7 Å². The lowest BCUT2D eigenvalue weighted by molar-refractivity contribution is -0.139. The highest BCUT2D eigenvalue weighted by Gasteiger charge is 2.29. The summed E-state index contributed by atoms with van der Waals surface area (Å²) < 4.78 is 5.47. The average molecular weight is 436 g/mol.